The van der Waals surface area contributed by atoms with E-state index in [1.54, 1.807) is 23.9 Å². The number of urea groups is 1. The number of carbonyl (C=O) groups excluding carboxylic acids is 2. The number of imide groups is 1. The van der Waals surface area contributed by atoms with Gasteiger partial charge in [0.1, 0.15) is 5.69 Å². The van der Waals surface area contributed by atoms with Gasteiger partial charge >= 0.3 is 12.0 Å². The van der Waals surface area contributed by atoms with E-state index in [1.165, 1.54) is 9.80 Å². The van der Waals surface area contributed by atoms with Gasteiger partial charge in [-0.05, 0) is 44.5 Å². The van der Waals surface area contributed by atoms with E-state index in [4.69, 9.17) is 11.6 Å². The number of aliphatic imine (C=N–C) groups is 1. The highest BCUT2D eigenvalue weighted by Crippen LogP contribution is 2.23. The van der Waals surface area contributed by atoms with Crippen molar-refractivity contribution < 1.29 is 14.2 Å². The Balaban J connectivity index is 1.74. The van der Waals surface area contributed by atoms with Crippen LogP contribution in [-0.2, 0) is 11.3 Å². The maximum Gasteiger partial charge on any atom is 0.421 e. The van der Waals surface area contributed by atoms with Crippen LogP contribution in [0.15, 0.2) is 35.3 Å². The molecule has 0 bridgehead atoms. The molecule has 2 aromatic rings. The van der Waals surface area contributed by atoms with Crippen LogP contribution in [0.4, 0.5) is 4.79 Å². The second-order valence-electron chi connectivity index (χ2n) is 7.19. The summed E-state index contributed by atoms with van der Waals surface area (Å²) in [6.07, 6.45) is 0. The zero-order chi connectivity index (χ0) is 20.9. The number of likely N-dealkylation sites (N-methyl/N-ethyl adjacent to an activating group) is 2. The topological polar surface area (TPSA) is 73.8 Å². The van der Waals surface area contributed by atoms with Gasteiger partial charge in [0.2, 0.25) is 11.9 Å². The smallest absolute Gasteiger partial charge is 0.270 e. The lowest BCUT2D eigenvalue weighted by atomic mass is 10.1. The number of aromatic nitrogens is 2. The Labute approximate surface area is 173 Å². The van der Waals surface area contributed by atoms with Crippen LogP contribution in [-0.4, -0.2) is 67.5 Å². The van der Waals surface area contributed by atoms with Crippen molar-refractivity contribution in [1.29, 1.82) is 0 Å². The molecule has 1 atom stereocenters. The van der Waals surface area contributed by atoms with Crippen molar-refractivity contribution in [1.82, 2.24) is 19.6 Å². The van der Waals surface area contributed by atoms with Crippen molar-refractivity contribution in [3.05, 3.63) is 52.3 Å². The minimum Gasteiger partial charge on any atom is -0.270 e. The number of benzene rings is 1. The predicted molar refractivity (Wildman–Crippen MR) is 109 cm³/mol. The van der Waals surface area contributed by atoms with Crippen molar-refractivity contribution in [3.63, 3.8) is 0 Å². The SMILES string of the molecule is CC[N+]1=C(n2nc(C)cc2C)N=C2C1C(=O)N(Cc1ccc(Cl)cc1)C(=O)N2C. The van der Waals surface area contributed by atoms with Gasteiger partial charge in [-0.2, -0.15) is 0 Å². The summed E-state index contributed by atoms with van der Waals surface area (Å²) in [4.78, 5) is 33.6. The van der Waals surface area contributed by atoms with Crippen LogP contribution in [0.25, 0.3) is 0 Å². The highest BCUT2D eigenvalue weighted by atomic mass is 35.5. The van der Waals surface area contributed by atoms with Gasteiger partial charge in [0, 0.05) is 12.1 Å². The van der Waals surface area contributed by atoms with Crippen molar-refractivity contribution >= 4 is 35.3 Å². The third-order valence-electron chi connectivity index (χ3n) is 5.18. The maximum atomic E-state index is 13.4. The van der Waals surface area contributed by atoms with Gasteiger partial charge in [0.05, 0.1) is 18.8 Å². The van der Waals surface area contributed by atoms with Gasteiger partial charge in [0.25, 0.3) is 5.91 Å². The first-order valence-corrected chi connectivity index (χ1v) is 9.79. The van der Waals surface area contributed by atoms with Gasteiger partial charge in [-0.3, -0.25) is 14.6 Å². The summed E-state index contributed by atoms with van der Waals surface area (Å²) in [6, 6.07) is 8.01. The number of nitrogens with zero attached hydrogens (tertiary/aromatic N) is 6. The average Bonchev–Trinajstić information content (AvgIpc) is 3.24. The normalized spacial score (nSPS) is 19.2. The van der Waals surface area contributed by atoms with Crippen molar-refractivity contribution in [2.45, 2.75) is 33.4 Å². The average molecular weight is 414 g/mol. The van der Waals surface area contributed by atoms with Gasteiger partial charge in [-0.1, -0.05) is 28.7 Å². The van der Waals surface area contributed by atoms with E-state index in [9.17, 15) is 9.59 Å². The van der Waals surface area contributed by atoms with E-state index in [0.717, 1.165) is 17.0 Å². The monoisotopic (exact) mass is 413 g/mol. The van der Waals surface area contributed by atoms with Gasteiger partial charge in [-0.15, -0.1) is 9.78 Å². The number of fused-ring (bicyclic) bond motifs is 1. The number of hydrogen-bond acceptors (Lipinski definition) is 4. The molecule has 0 radical (unpaired) electrons. The molecule has 2 aliphatic heterocycles. The lowest BCUT2D eigenvalue weighted by molar-refractivity contribution is -0.534. The summed E-state index contributed by atoms with van der Waals surface area (Å²) in [7, 11) is 1.65. The van der Waals surface area contributed by atoms with Gasteiger partial charge in [0.15, 0.2) is 0 Å². The molecule has 0 aliphatic carbocycles. The zero-order valence-corrected chi connectivity index (χ0v) is 17.5. The van der Waals surface area contributed by atoms with Crippen molar-refractivity contribution in [2.24, 2.45) is 4.99 Å². The molecule has 0 N–H and O–H groups in total. The zero-order valence-electron chi connectivity index (χ0n) is 16.8. The fourth-order valence-electron chi connectivity index (χ4n) is 3.75. The van der Waals surface area contributed by atoms with E-state index < -0.39 is 12.1 Å². The molecule has 0 saturated carbocycles. The van der Waals surface area contributed by atoms with Crippen LogP contribution in [0.3, 0.4) is 0 Å². The van der Waals surface area contributed by atoms with E-state index >= 15 is 0 Å². The Morgan fingerprint density at radius 1 is 1.17 bits per heavy atom. The van der Waals surface area contributed by atoms with Gasteiger partial charge in [-0.25, -0.2) is 9.37 Å². The van der Waals surface area contributed by atoms with E-state index in [-0.39, 0.29) is 12.5 Å². The number of halogens is 1. The van der Waals surface area contributed by atoms with Crippen molar-refractivity contribution in [3.8, 4) is 0 Å². The number of amidine groups is 1. The molecule has 1 aromatic heterocycles. The molecule has 150 valence electrons. The molecule has 8 nitrogen and oxygen atoms in total. The van der Waals surface area contributed by atoms with Crippen molar-refractivity contribution in [2.75, 3.05) is 13.6 Å². The predicted octanol–water partition coefficient (Wildman–Crippen LogP) is 2.26. The quantitative estimate of drug-likeness (QED) is 0.724. The number of carbonyl (C=O) groups is 2. The van der Waals surface area contributed by atoms with Crippen LogP contribution in [0.5, 0.6) is 0 Å². The molecule has 1 aromatic carbocycles. The lowest BCUT2D eigenvalue weighted by Crippen LogP contribution is -2.62. The highest BCUT2D eigenvalue weighted by molar-refractivity contribution is 6.30. The maximum absolute atomic E-state index is 13.4. The van der Waals surface area contributed by atoms with E-state index in [0.29, 0.717) is 23.4 Å². The summed E-state index contributed by atoms with van der Waals surface area (Å²) in [5, 5.41) is 5.11. The molecule has 1 unspecified atom stereocenters. The summed E-state index contributed by atoms with van der Waals surface area (Å²) < 4.78 is 3.61. The standard InChI is InChI=1S/C20H22ClN6O2/c1-5-25-16-17(22-19(25)27-13(3)10-12(2)23-27)24(4)20(29)26(18(16)28)11-14-6-8-15(21)9-7-14/h6-10,16H,5,11H2,1-4H3/q+1. The third-order valence-corrected chi connectivity index (χ3v) is 5.43. The largest absolute Gasteiger partial charge is 0.421 e. The van der Waals surface area contributed by atoms with Crippen LogP contribution < -0.4 is 0 Å². The summed E-state index contributed by atoms with van der Waals surface area (Å²) in [6.45, 7) is 6.53. The van der Waals surface area contributed by atoms with Crippen LogP contribution in [0, 0.1) is 13.8 Å². The number of amides is 3. The first kappa shape index (κ1) is 19.3. The Morgan fingerprint density at radius 2 is 1.86 bits per heavy atom. The molecular weight excluding hydrogens is 392 g/mol. The summed E-state index contributed by atoms with van der Waals surface area (Å²) in [5.41, 5.74) is 2.60. The molecule has 29 heavy (non-hydrogen) atoms. The number of aryl methyl sites for hydroxylation is 2. The second-order valence-corrected chi connectivity index (χ2v) is 7.63. The van der Waals surface area contributed by atoms with Crippen LogP contribution in [0.2, 0.25) is 5.02 Å². The molecule has 1 fully saturated rings. The van der Waals surface area contributed by atoms with Crippen LogP contribution >= 0.6 is 11.6 Å². The molecule has 3 heterocycles. The minimum atomic E-state index is -0.658. The lowest BCUT2D eigenvalue weighted by Gasteiger charge is -2.34. The Hall–Kier alpha value is -3.00. The fourth-order valence-corrected chi connectivity index (χ4v) is 3.87. The minimum absolute atomic E-state index is 0.176. The Morgan fingerprint density at radius 3 is 2.45 bits per heavy atom. The molecular formula is C20H22ClN6O2+. The third kappa shape index (κ3) is 3.13. The summed E-state index contributed by atoms with van der Waals surface area (Å²) in [5.74, 6) is 0.691. The number of hydrogen-bond donors (Lipinski definition) is 0. The van der Waals surface area contributed by atoms with Crippen LogP contribution in [0.1, 0.15) is 23.9 Å². The first-order valence-electron chi connectivity index (χ1n) is 9.41. The first-order chi connectivity index (χ1) is 13.8. The molecule has 3 amide bonds. The Bertz CT molecular complexity index is 1070. The molecule has 2 aliphatic rings. The molecule has 1 saturated heterocycles. The molecule has 4 rings (SSSR count). The number of rotatable bonds is 3. The fraction of sp³-hybridized carbons (Fsp3) is 0.350. The second kappa shape index (κ2) is 7.11. The molecule has 9 heteroatoms. The van der Waals surface area contributed by atoms with E-state index in [2.05, 4.69) is 10.1 Å². The van der Waals surface area contributed by atoms with Gasteiger partial charge < -0.3 is 0 Å². The van der Waals surface area contributed by atoms with E-state index in [1.807, 2.05) is 43.5 Å². The molecule has 0 spiro atoms. The highest BCUT2D eigenvalue weighted by Gasteiger charge is 2.52. The Kier molecular flexibility index (Phi) is 4.74. The summed E-state index contributed by atoms with van der Waals surface area (Å²) >= 11 is 5.95.